The molecule has 0 aliphatic carbocycles. The van der Waals surface area contributed by atoms with Crippen molar-refractivity contribution in [2.75, 3.05) is 5.75 Å². The predicted octanol–water partition coefficient (Wildman–Crippen LogP) is 0.389. The van der Waals surface area contributed by atoms with E-state index in [1.54, 1.807) is 0 Å². The summed E-state index contributed by atoms with van der Waals surface area (Å²) in [5, 5.41) is 6.36. The molecule has 0 saturated carbocycles. The Bertz CT molecular complexity index is 101. The van der Waals surface area contributed by atoms with Crippen LogP contribution in [0.15, 0.2) is 0 Å². The second kappa shape index (κ2) is 3.10. The molecule has 2 nitrogen and oxygen atoms in total. The maximum Gasteiger partial charge on any atom is 0.100 e. The molecule has 1 heterocycles. The number of alkyl halides is 1. The van der Waals surface area contributed by atoms with Crippen molar-refractivity contribution in [3.63, 3.8) is 0 Å². The molecule has 1 aliphatic heterocycles. The highest BCUT2D eigenvalue weighted by Crippen LogP contribution is 2.08. The first-order valence-corrected chi connectivity index (χ1v) is 4.08. The Kier molecular flexibility index (Phi) is 2.64. The molecule has 1 rings (SSSR count). The van der Waals surface area contributed by atoms with Crippen molar-refractivity contribution in [3.05, 3.63) is 0 Å². The van der Waals surface area contributed by atoms with Gasteiger partial charge in [0.25, 0.3) is 0 Å². The normalized spacial score (nSPS) is 43.7. The largest absolute Gasteiger partial charge is 0.296 e. The van der Waals surface area contributed by atoms with Crippen LogP contribution < -0.4 is 10.6 Å². The minimum Gasteiger partial charge on any atom is -0.296 e. The monoisotopic (exact) mass is 166 g/mol. The van der Waals surface area contributed by atoms with Gasteiger partial charge in [-0.05, 0) is 6.92 Å². The van der Waals surface area contributed by atoms with Crippen LogP contribution in [0.5, 0.6) is 0 Å². The number of halogens is 1. The molecule has 9 heavy (non-hydrogen) atoms. The summed E-state index contributed by atoms with van der Waals surface area (Å²) in [4.78, 5) is 0. The van der Waals surface area contributed by atoms with Crippen molar-refractivity contribution in [2.45, 2.75) is 24.6 Å². The summed E-state index contributed by atoms with van der Waals surface area (Å²) in [6.07, 6.45) is 0.324. The fraction of sp³-hybridized carbons (Fsp3) is 1.00. The molecule has 54 valence electrons. The van der Waals surface area contributed by atoms with Crippen molar-refractivity contribution >= 4 is 24.2 Å². The fourth-order valence-electron chi connectivity index (χ4n) is 0.954. The molecular weight excluding hydrogens is 156 g/mol. The van der Waals surface area contributed by atoms with Crippen LogP contribution in [0.2, 0.25) is 0 Å². The Hall–Kier alpha value is 0.560. The minimum absolute atomic E-state index is 0.0394. The molecule has 0 amide bonds. The number of thiol groups is 1. The molecule has 0 aromatic rings. The zero-order valence-corrected chi connectivity index (χ0v) is 6.91. The summed E-state index contributed by atoms with van der Waals surface area (Å²) in [6, 6.07) is 0.310. The zero-order valence-electron chi connectivity index (χ0n) is 5.26. The van der Waals surface area contributed by atoms with Gasteiger partial charge in [0.2, 0.25) is 0 Å². The number of nitrogens with one attached hydrogen (secondary N) is 2. The second-order valence-corrected chi connectivity index (χ2v) is 3.08. The van der Waals surface area contributed by atoms with Gasteiger partial charge in [0.05, 0.1) is 6.17 Å². The fourth-order valence-corrected chi connectivity index (χ4v) is 1.75. The molecule has 2 N–H and O–H groups in total. The summed E-state index contributed by atoms with van der Waals surface area (Å²) >= 11 is 9.98. The van der Waals surface area contributed by atoms with Gasteiger partial charge >= 0.3 is 0 Å². The topological polar surface area (TPSA) is 24.1 Å². The summed E-state index contributed by atoms with van der Waals surface area (Å²) in [5.41, 5.74) is 0.0394. The maximum atomic E-state index is 5.85. The molecule has 0 bridgehead atoms. The first kappa shape index (κ1) is 7.66. The van der Waals surface area contributed by atoms with E-state index >= 15 is 0 Å². The average Bonchev–Trinajstić information content (AvgIpc) is 2.10. The summed E-state index contributed by atoms with van der Waals surface area (Å²) in [7, 11) is 0. The first-order chi connectivity index (χ1) is 4.24. The van der Waals surface area contributed by atoms with Crippen molar-refractivity contribution in [2.24, 2.45) is 0 Å². The van der Waals surface area contributed by atoms with Crippen LogP contribution in [0.3, 0.4) is 0 Å². The molecule has 1 fully saturated rings. The Morgan fingerprint density at radius 2 is 2.22 bits per heavy atom. The van der Waals surface area contributed by atoms with E-state index in [1.165, 1.54) is 0 Å². The van der Waals surface area contributed by atoms with E-state index in [9.17, 15) is 0 Å². The van der Waals surface area contributed by atoms with Crippen LogP contribution in [0.4, 0.5) is 0 Å². The van der Waals surface area contributed by atoms with E-state index in [1.807, 2.05) is 6.92 Å². The van der Waals surface area contributed by atoms with Gasteiger partial charge in [0, 0.05) is 11.8 Å². The Labute approximate surface area is 65.8 Å². The first-order valence-electron chi connectivity index (χ1n) is 3.01. The smallest absolute Gasteiger partial charge is 0.100 e. The highest BCUT2D eigenvalue weighted by molar-refractivity contribution is 7.80. The third-order valence-electron chi connectivity index (χ3n) is 1.42. The summed E-state index contributed by atoms with van der Waals surface area (Å²) < 4.78 is 0. The molecule has 0 radical (unpaired) electrons. The summed E-state index contributed by atoms with van der Waals surface area (Å²) in [5.74, 6) is 0.783. The van der Waals surface area contributed by atoms with Crippen molar-refractivity contribution < 1.29 is 0 Å². The van der Waals surface area contributed by atoms with Crippen LogP contribution in [0.25, 0.3) is 0 Å². The molecule has 3 unspecified atom stereocenters. The van der Waals surface area contributed by atoms with E-state index in [-0.39, 0.29) is 5.50 Å². The van der Waals surface area contributed by atoms with Gasteiger partial charge in [0.1, 0.15) is 5.50 Å². The molecule has 1 saturated heterocycles. The minimum atomic E-state index is 0.0394. The second-order valence-electron chi connectivity index (χ2n) is 2.25. The van der Waals surface area contributed by atoms with Gasteiger partial charge in [-0.3, -0.25) is 10.6 Å². The van der Waals surface area contributed by atoms with Crippen LogP contribution >= 0.6 is 24.2 Å². The zero-order chi connectivity index (χ0) is 6.85. The van der Waals surface area contributed by atoms with Crippen LogP contribution in [-0.2, 0) is 0 Å². The number of hydrogen-bond acceptors (Lipinski definition) is 3. The van der Waals surface area contributed by atoms with Gasteiger partial charge in [-0.15, -0.1) is 11.6 Å². The standard InChI is InChI=1S/C5H11ClN2S/c1-3-7-4(2-9)5(6)8-3/h3-5,7-9H,2H2,1H3. The third kappa shape index (κ3) is 1.74. The maximum absolute atomic E-state index is 5.85. The molecule has 1 aliphatic rings. The quantitative estimate of drug-likeness (QED) is 0.298. The van der Waals surface area contributed by atoms with Crippen LogP contribution in [0.1, 0.15) is 6.92 Å². The predicted molar refractivity (Wildman–Crippen MR) is 43.0 cm³/mol. The van der Waals surface area contributed by atoms with Gasteiger partial charge in [-0.1, -0.05) is 0 Å². The lowest BCUT2D eigenvalue weighted by Gasteiger charge is -2.07. The Morgan fingerprint density at radius 1 is 1.56 bits per heavy atom. The SMILES string of the molecule is CC1NC(Cl)C(CS)N1. The molecule has 0 aromatic carbocycles. The lowest BCUT2D eigenvalue weighted by atomic mass is 10.4. The molecular formula is C5H11ClN2S. The third-order valence-corrected chi connectivity index (χ3v) is 2.25. The van der Waals surface area contributed by atoms with E-state index in [0.29, 0.717) is 12.2 Å². The van der Waals surface area contributed by atoms with Gasteiger partial charge in [-0.25, -0.2) is 0 Å². The van der Waals surface area contributed by atoms with Gasteiger partial charge in [0.15, 0.2) is 0 Å². The van der Waals surface area contributed by atoms with E-state index in [2.05, 4.69) is 23.3 Å². The van der Waals surface area contributed by atoms with Gasteiger partial charge in [-0.2, -0.15) is 12.6 Å². The van der Waals surface area contributed by atoms with Crippen molar-refractivity contribution in [3.8, 4) is 0 Å². The molecule has 0 aromatic heterocycles. The molecule has 0 spiro atoms. The molecule has 4 heteroatoms. The van der Waals surface area contributed by atoms with Crippen LogP contribution in [-0.4, -0.2) is 23.5 Å². The van der Waals surface area contributed by atoms with E-state index in [4.69, 9.17) is 11.6 Å². The Morgan fingerprint density at radius 3 is 2.44 bits per heavy atom. The van der Waals surface area contributed by atoms with Crippen molar-refractivity contribution in [1.82, 2.24) is 10.6 Å². The van der Waals surface area contributed by atoms with Gasteiger partial charge < -0.3 is 0 Å². The van der Waals surface area contributed by atoms with E-state index in [0.717, 1.165) is 5.75 Å². The lowest BCUT2D eigenvalue weighted by molar-refractivity contribution is 0.579. The highest BCUT2D eigenvalue weighted by atomic mass is 35.5. The number of hydrogen-bond donors (Lipinski definition) is 3. The summed E-state index contributed by atoms with van der Waals surface area (Å²) in [6.45, 7) is 2.04. The Balaban J connectivity index is 2.38. The average molecular weight is 167 g/mol. The molecule has 3 atom stereocenters. The van der Waals surface area contributed by atoms with Crippen molar-refractivity contribution in [1.29, 1.82) is 0 Å². The number of rotatable bonds is 1. The van der Waals surface area contributed by atoms with E-state index < -0.39 is 0 Å². The highest BCUT2D eigenvalue weighted by Gasteiger charge is 2.26. The van der Waals surface area contributed by atoms with Crippen LogP contribution in [0, 0.1) is 0 Å². The lowest BCUT2D eigenvalue weighted by Crippen LogP contribution is -2.31.